The summed E-state index contributed by atoms with van der Waals surface area (Å²) in [5.41, 5.74) is 27.7. The molecular weight excluding hydrogens is 885 g/mol. The highest BCUT2D eigenvalue weighted by molar-refractivity contribution is 6.06. The first kappa shape index (κ1) is 59.1. The average molecular weight is 946 g/mol. The molecule has 0 aliphatic carbocycles. The number of ether oxygens (including phenoxy) is 2. The van der Waals surface area contributed by atoms with Gasteiger partial charge in [-0.15, -0.1) is 13.2 Å². The standard InChI is InChI=1S/C32H41F6N9O5.C7H16N4O.C2H4/c1-3-43-24(29(50)46-21-15-19(31(33,34)35)7-8-25(21)51-12-9-39)14-18(2)28(49)47-23-17-20(32(36,37)38)16-22(27(23)52-13-10-40)45-26(48)6-4-5-11-44-30(41)42;1-10-6(12)4-2-3-5-11-7(8)9;1-2/h3,7-8,14-18H,4-6,9-13,39-40H2,1-2H3,(H,45,48)(H,46,50)(H,47,49)(H4,41,42,44);2-5H2,1H3,(H,10,12)(H4,8,9,11);1-2H2/b24-14-,43-3?;;. The van der Waals surface area contributed by atoms with Crippen LogP contribution in [0.15, 0.2) is 70.2 Å². The van der Waals surface area contributed by atoms with Crippen molar-refractivity contribution in [2.45, 2.75) is 64.7 Å². The Morgan fingerprint density at radius 2 is 1.23 bits per heavy atom. The van der Waals surface area contributed by atoms with Crippen LogP contribution >= 0.6 is 0 Å². The summed E-state index contributed by atoms with van der Waals surface area (Å²) in [4.78, 5) is 61.5. The number of hydrogen-bond donors (Lipinski definition) is 10. The van der Waals surface area contributed by atoms with E-state index >= 15 is 0 Å². The van der Waals surface area contributed by atoms with Gasteiger partial charge in [-0.1, -0.05) is 0 Å². The number of rotatable bonds is 23. The summed E-state index contributed by atoms with van der Waals surface area (Å²) in [6, 6.07) is 3.63. The predicted octanol–water partition coefficient (Wildman–Crippen LogP) is 3.95. The predicted molar refractivity (Wildman–Crippen MR) is 244 cm³/mol. The highest BCUT2D eigenvalue weighted by Gasteiger charge is 2.34. The van der Waals surface area contributed by atoms with Gasteiger partial charge in [-0.3, -0.25) is 34.2 Å². The number of nitrogens with zero attached hydrogens (tertiary/aromatic N) is 3. The quantitative estimate of drug-likeness (QED) is 0.0189. The third-order valence-corrected chi connectivity index (χ3v) is 8.06. The lowest BCUT2D eigenvalue weighted by Gasteiger charge is -2.20. The Kier molecular flexibility index (Phi) is 27.8. The van der Waals surface area contributed by atoms with Crippen molar-refractivity contribution in [3.8, 4) is 11.5 Å². The van der Waals surface area contributed by atoms with Crippen LogP contribution in [0.4, 0.5) is 43.4 Å². The van der Waals surface area contributed by atoms with E-state index in [0.717, 1.165) is 31.1 Å². The van der Waals surface area contributed by atoms with E-state index in [9.17, 15) is 45.5 Å². The van der Waals surface area contributed by atoms with Gasteiger partial charge in [0, 0.05) is 52.3 Å². The molecule has 1 atom stereocenters. The van der Waals surface area contributed by atoms with Crippen LogP contribution in [-0.4, -0.2) is 88.2 Å². The number of nitrogens with one attached hydrogen (secondary N) is 4. The Labute approximate surface area is 378 Å². The smallest absolute Gasteiger partial charge is 0.416 e. The fourth-order valence-corrected chi connectivity index (χ4v) is 5.00. The molecule has 0 aliphatic heterocycles. The van der Waals surface area contributed by atoms with E-state index in [1.807, 2.05) is 0 Å². The van der Waals surface area contributed by atoms with Crippen LogP contribution in [0, 0.1) is 5.92 Å². The zero-order chi connectivity index (χ0) is 50.5. The van der Waals surface area contributed by atoms with Crippen LogP contribution in [0.2, 0.25) is 0 Å². The first-order valence-corrected chi connectivity index (χ1v) is 20.1. The van der Waals surface area contributed by atoms with Gasteiger partial charge in [0.1, 0.15) is 24.7 Å². The van der Waals surface area contributed by atoms with Crippen LogP contribution < -0.4 is 65.1 Å². The maximum atomic E-state index is 14.0. The van der Waals surface area contributed by atoms with Gasteiger partial charge in [0.05, 0.1) is 34.1 Å². The molecule has 2 rings (SSSR count). The van der Waals surface area contributed by atoms with Gasteiger partial charge < -0.3 is 65.1 Å². The fourth-order valence-electron chi connectivity index (χ4n) is 5.00. The largest absolute Gasteiger partial charge is 0.490 e. The van der Waals surface area contributed by atoms with Gasteiger partial charge >= 0.3 is 12.4 Å². The number of anilines is 3. The lowest BCUT2D eigenvalue weighted by atomic mass is 10.1. The average Bonchev–Trinajstić information content (AvgIpc) is 3.24. The zero-order valence-corrected chi connectivity index (χ0v) is 37.0. The van der Waals surface area contributed by atoms with Gasteiger partial charge in [0.2, 0.25) is 17.7 Å². The van der Waals surface area contributed by atoms with Crippen molar-refractivity contribution in [2.24, 2.45) is 55.3 Å². The number of aliphatic imine (C=N–C) groups is 3. The third-order valence-electron chi connectivity index (χ3n) is 8.06. The van der Waals surface area contributed by atoms with E-state index in [4.69, 9.17) is 43.9 Å². The van der Waals surface area contributed by atoms with Crippen molar-refractivity contribution < 1.29 is 55.0 Å². The summed E-state index contributed by atoms with van der Waals surface area (Å²) < 4.78 is 93.1. The summed E-state index contributed by atoms with van der Waals surface area (Å²) in [5, 5.41) is 9.53. The summed E-state index contributed by atoms with van der Waals surface area (Å²) in [7, 11) is 1.62. The van der Waals surface area contributed by atoms with Gasteiger partial charge in [-0.2, -0.15) is 26.3 Å². The molecule has 0 saturated carbocycles. The van der Waals surface area contributed by atoms with Crippen molar-refractivity contribution in [3.05, 3.63) is 66.4 Å². The van der Waals surface area contributed by atoms with Crippen LogP contribution in [0.5, 0.6) is 11.5 Å². The van der Waals surface area contributed by atoms with E-state index in [-0.39, 0.29) is 74.3 Å². The van der Waals surface area contributed by atoms with Crippen LogP contribution in [-0.2, 0) is 31.5 Å². The number of alkyl halides is 6. The molecule has 0 aliphatic rings. The molecule has 1 unspecified atom stereocenters. The molecule has 4 amide bonds. The minimum Gasteiger partial charge on any atom is -0.490 e. The number of amides is 4. The van der Waals surface area contributed by atoms with Crippen molar-refractivity contribution in [1.82, 2.24) is 5.32 Å². The minimum absolute atomic E-state index is 0.0207. The first-order valence-electron chi connectivity index (χ1n) is 20.1. The molecular formula is C41H61F6N13O6. The Morgan fingerprint density at radius 1 is 0.727 bits per heavy atom. The second-order valence-corrected chi connectivity index (χ2v) is 13.3. The molecule has 0 radical (unpaired) electrons. The Hall–Kier alpha value is -6.89. The van der Waals surface area contributed by atoms with Crippen LogP contribution in [0.1, 0.15) is 63.5 Å². The number of nitrogens with two attached hydrogens (primary N) is 6. The summed E-state index contributed by atoms with van der Waals surface area (Å²) in [6.07, 6.45) is -4.69. The Morgan fingerprint density at radius 3 is 1.71 bits per heavy atom. The maximum absolute atomic E-state index is 14.0. The summed E-state index contributed by atoms with van der Waals surface area (Å²) in [5.74, 6) is -4.35. The van der Waals surface area contributed by atoms with Gasteiger partial charge in [0.25, 0.3) is 5.91 Å². The molecule has 66 heavy (non-hydrogen) atoms. The maximum Gasteiger partial charge on any atom is 0.416 e. The van der Waals surface area contributed by atoms with Gasteiger partial charge in [0.15, 0.2) is 17.7 Å². The van der Waals surface area contributed by atoms with Crippen molar-refractivity contribution in [1.29, 1.82) is 0 Å². The van der Waals surface area contributed by atoms with E-state index < -0.39 is 64.2 Å². The monoisotopic (exact) mass is 945 g/mol. The number of hydrogen-bond acceptors (Lipinski definition) is 11. The second-order valence-electron chi connectivity index (χ2n) is 13.3. The Bertz CT molecular complexity index is 1990. The van der Waals surface area contributed by atoms with Crippen LogP contribution in [0.25, 0.3) is 0 Å². The molecule has 25 heteroatoms. The first-order chi connectivity index (χ1) is 31.1. The number of guanidine groups is 2. The van der Waals surface area contributed by atoms with E-state index in [0.29, 0.717) is 44.0 Å². The molecule has 0 spiro atoms. The topological polar surface area (TPSA) is 328 Å². The van der Waals surface area contributed by atoms with Crippen molar-refractivity contribution in [3.63, 3.8) is 0 Å². The lowest BCUT2D eigenvalue weighted by molar-refractivity contribution is -0.138. The third kappa shape index (κ3) is 23.7. The normalized spacial score (nSPS) is 11.7. The molecule has 0 fully saturated rings. The number of halogens is 6. The molecule has 368 valence electrons. The number of unbranched alkanes of at least 4 members (excludes halogenated alkanes) is 2. The molecule has 19 nitrogen and oxygen atoms in total. The number of carbonyl (C=O) groups excluding carboxylic acids is 4. The molecule has 0 heterocycles. The molecule has 0 bridgehead atoms. The van der Waals surface area contributed by atoms with E-state index in [1.54, 1.807) is 7.05 Å². The van der Waals surface area contributed by atoms with E-state index in [1.165, 1.54) is 20.1 Å². The highest BCUT2D eigenvalue weighted by Crippen LogP contribution is 2.41. The number of benzene rings is 2. The van der Waals surface area contributed by atoms with Gasteiger partial charge in [-0.25, -0.2) is 0 Å². The van der Waals surface area contributed by atoms with E-state index in [2.05, 4.69) is 49.4 Å². The Balaban J connectivity index is 0.00000260. The van der Waals surface area contributed by atoms with Crippen molar-refractivity contribution >= 4 is 58.8 Å². The SMILES string of the molecule is C=C.CC=N/C(=C\C(C)C(=O)Nc1cc(C(F)(F)F)cc(NC(=O)CCCCN=C(N)N)c1OCCN)C(=O)Nc1cc(C(F)(F)F)ccc1OCCN.CNC(=O)CCCCN=C(N)N. The summed E-state index contributed by atoms with van der Waals surface area (Å²) in [6.45, 7) is 9.18. The highest BCUT2D eigenvalue weighted by atomic mass is 19.4. The lowest BCUT2D eigenvalue weighted by Crippen LogP contribution is -2.23. The molecule has 16 N–H and O–H groups in total. The zero-order valence-electron chi connectivity index (χ0n) is 37.0. The van der Waals surface area contributed by atoms with Gasteiger partial charge in [-0.05, 0) is 75.9 Å². The molecule has 0 saturated heterocycles. The molecule has 2 aromatic carbocycles. The number of carbonyl (C=O) groups is 4. The van der Waals surface area contributed by atoms with Crippen LogP contribution in [0.3, 0.4) is 0 Å². The van der Waals surface area contributed by atoms with Crippen molar-refractivity contribution in [2.75, 3.05) is 62.4 Å². The second kappa shape index (κ2) is 31.1. The molecule has 2 aromatic rings. The fraction of sp³-hybridized carbons (Fsp3) is 0.439. The summed E-state index contributed by atoms with van der Waals surface area (Å²) >= 11 is 0. The minimum atomic E-state index is -4.92. The molecule has 0 aromatic heterocycles.